The molecule has 0 aromatic carbocycles. The Morgan fingerprint density at radius 1 is 1.27 bits per heavy atom. The molecular weight excluding hydrogens is 139 g/mol. The van der Waals surface area contributed by atoms with E-state index in [0.29, 0.717) is 5.92 Å². The van der Waals surface area contributed by atoms with Crippen LogP contribution < -0.4 is 0 Å². The Balaban J connectivity index is 2.44. The molecule has 0 N–H and O–H groups in total. The zero-order valence-corrected chi connectivity index (χ0v) is 7.81. The van der Waals surface area contributed by atoms with Gasteiger partial charge in [0.2, 0.25) is 0 Å². The summed E-state index contributed by atoms with van der Waals surface area (Å²) < 4.78 is 12.9. The van der Waals surface area contributed by atoms with Gasteiger partial charge in [-0.15, -0.1) is 0 Å². The van der Waals surface area contributed by atoms with E-state index in [-0.39, 0.29) is 0 Å². The Morgan fingerprint density at radius 2 is 1.91 bits per heavy atom. The molecule has 0 saturated heterocycles. The Kier molecular flexibility index (Phi) is 2.91. The van der Waals surface area contributed by atoms with Crippen molar-refractivity contribution in [1.82, 2.24) is 0 Å². The molecule has 11 heavy (non-hydrogen) atoms. The van der Waals surface area contributed by atoms with Crippen molar-refractivity contribution >= 4 is 0 Å². The summed E-state index contributed by atoms with van der Waals surface area (Å²) in [4.78, 5) is 0. The van der Waals surface area contributed by atoms with Gasteiger partial charge in [-0.25, -0.2) is 4.39 Å². The van der Waals surface area contributed by atoms with Crippen LogP contribution in [0.25, 0.3) is 0 Å². The highest BCUT2D eigenvalue weighted by atomic mass is 19.1. The van der Waals surface area contributed by atoms with Crippen molar-refractivity contribution in [2.24, 2.45) is 17.8 Å². The van der Waals surface area contributed by atoms with Crippen molar-refractivity contribution in [2.45, 2.75) is 46.2 Å². The third-order valence-corrected chi connectivity index (χ3v) is 3.03. The average molecular weight is 158 g/mol. The predicted octanol–water partition coefficient (Wildman–Crippen LogP) is 3.42. The number of rotatable bonds is 1. The van der Waals surface area contributed by atoms with Crippen molar-refractivity contribution < 1.29 is 4.39 Å². The first-order valence-electron chi connectivity index (χ1n) is 4.75. The minimum absolute atomic E-state index is 0.514. The van der Waals surface area contributed by atoms with Crippen LogP contribution in [0.5, 0.6) is 0 Å². The lowest BCUT2D eigenvalue weighted by molar-refractivity contribution is 0.121. The van der Waals surface area contributed by atoms with Crippen LogP contribution in [0.3, 0.4) is 0 Å². The maximum absolute atomic E-state index is 12.9. The molecule has 3 atom stereocenters. The fourth-order valence-corrected chi connectivity index (χ4v) is 2.34. The first kappa shape index (κ1) is 9.02. The van der Waals surface area contributed by atoms with Gasteiger partial charge in [0, 0.05) is 0 Å². The molecule has 0 nitrogen and oxygen atoms in total. The molecule has 1 rings (SSSR count). The van der Waals surface area contributed by atoms with E-state index in [4.69, 9.17) is 0 Å². The third-order valence-electron chi connectivity index (χ3n) is 3.03. The minimum Gasteiger partial charge on any atom is -0.247 e. The lowest BCUT2D eigenvalue weighted by Gasteiger charge is -2.33. The van der Waals surface area contributed by atoms with Crippen molar-refractivity contribution in [3.05, 3.63) is 0 Å². The Labute approximate surface area is 69.2 Å². The highest BCUT2D eigenvalue weighted by Gasteiger charge is 2.28. The Bertz CT molecular complexity index is 120. The molecule has 0 spiro atoms. The van der Waals surface area contributed by atoms with Crippen molar-refractivity contribution in [2.75, 3.05) is 0 Å². The standard InChI is InChI=1S/C10H19F/c1-7(2)10-5-4-9(11)6-8(10)3/h7-10H,4-6H2,1-3H3/t8-,9-,10+/m1/s1. The van der Waals surface area contributed by atoms with Gasteiger partial charge in [0.15, 0.2) is 0 Å². The number of alkyl halides is 1. The third kappa shape index (κ3) is 2.18. The van der Waals surface area contributed by atoms with Crippen molar-refractivity contribution in [1.29, 1.82) is 0 Å². The molecule has 1 saturated carbocycles. The van der Waals surface area contributed by atoms with E-state index in [2.05, 4.69) is 20.8 Å². The van der Waals surface area contributed by atoms with E-state index >= 15 is 0 Å². The summed E-state index contributed by atoms with van der Waals surface area (Å²) in [5.74, 6) is 2.10. The zero-order chi connectivity index (χ0) is 8.43. The molecule has 0 aromatic rings. The quantitative estimate of drug-likeness (QED) is 0.548. The van der Waals surface area contributed by atoms with Gasteiger partial charge in [0.1, 0.15) is 6.17 Å². The second kappa shape index (κ2) is 3.55. The summed E-state index contributed by atoms with van der Waals surface area (Å²) in [6, 6.07) is 0. The molecule has 1 fully saturated rings. The van der Waals surface area contributed by atoms with E-state index in [9.17, 15) is 4.39 Å². The SMILES string of the molecule is CC(C)[C@@H]1CC[C@@H](F)C[C@H]1C. The maximum atomic E-state index is 12.9. The summed E-state index contributed by atoms with van der Waals surface area (Å²) >= 11 is 0. The molecule has 0 aliphatic heterocycles. The van der Waals surface area contributed by atoms with Gasteiger partial charge in [-0.1, -0.05) is 20.8 Å². The summed E-state index contributed by atoms with van der Waals surface area (Å²) in [7, 11) is 0. The fourth-order valence-electron chi connectivity index (χ4n) is 2.34. The van der Waals surface area contributed by atoms with E-state index in [1.807, 2.05) is 0 Å². The molecule has 0 amide bonds. The van der Waals surface area contributed by atoms with Crippen LogP contribution in [0.15, 0.2) is 0 Å². The van der Waals surface area contributed by atoms with Gasteiger partial charge in [-0.05, 0) is 37.0 Å². The van der Waals surface area contributed by atoms with Crippen LogP contribution in [-0.4, -0.2) is 6.17 Å². The van der Waals surface area contributed by atoms with Crippen molar-refractivity contribution in [3.63, 3.8) is 0 Å². The van der Waals surface area contributed by atoms with Crippen LogP contribution in [0, 0.1) is 17.8 Å². The molecule has 1 aliphatic carbocycles. The highest BCUT2D eigenvalue weighted by molar-refractivity contribution is 4.79. The lowest BCUT2D eigenvalue weighted by atomic mass is 9.74. The molecule has 66 valence electrons. The minimum atomic E-state index is -0.514. The Hall–Kier alpha value is -0.0700. The summed E-state index contributed by atoms with van der Waals surface area (Å²) in [5, 5.41) is 0. The largest absolute Gasteiger partial charge is 0.247 e. The van der Waals surface area contributed by atoms with E-state index in [0.717, 1.165) is 31.1 Å². The molecule has 0 unspecified atom stereocenters. The molecule has 0 aromatic heterocycles. The molecular formula is C10H19F. The molecule has 0 radical (unpaired) electrons. The maximum Gasteiger partial charge on any atom is 0.100 e. The average Bonchev–Trinajstić information content (AvgIpc) is 1.85. The fraction of sp³-hybridized carbons (Fsp3) is 1.00. The summed E-state index contributed by atoms with van der Waals surface area (Å²) in [6.07, 6.45) is 2.18. The predicted molar refractivity (Wildman–Crippen MR) is 46.2 cm³/mol. The molecule has 1 aliphatic rings. The monoisotopic (exact) mass is 158 g/mol. The topological polar surface area (TPSA) is 0 Å². The highest BCUT2D eigenvalue weighted by Crippen LogP contribution is 2.35. The number of halogens is 1. The van der Waals surface area contributed by atoms with Crippen LogP contribution in [0.2, 0.25) is 0 Å². The van der Waals surface area contributed by atoms with Crippen LogP contribution >= 0.6 is 0 Å². The Morgan fingerprint density at radius 3 is 2.36 bits per heavy atom. The van der Waals surface area contributed by atoms with Crippen LogP contribution in [0.1, 0.15) is 40.0 Å². The first-order valence-corrected chi connectivity index (χ1v) is 4.75. The number of hydrogen-bond acceptors (Lipinski definition) is 0. The van der Waals surface area contributed by atoms with Gasteiger partial charge in [0.05, 0.1) is 0 Å². The molecule has 1 heteroatoms. The number of hydrogen-bond donors (Lipinski definition) is 0. The van der Waals surface area contributed by atoms with Gasteiger partial charge >= 0.3 is 0 Å². The molecule has 0 bridgehead atoms. The van der Waals surface area contributed by atoms with Crippen LogP contribution in [-0.2, 0) is 0 Å². The second-order valence-electron chi connectivity index (χ2n) is 4.30. The van der Waals surface area contributed by atoms with E-state index < -0.39 is 6.17 Å². The van der Waals surface area contributed by atoms with Crippen LogP contribution in [0.4, 0.5) is 4.39 Å². The summed E-state index contributed by atoms with van der Waals surface area (Å²) in [6.45, 7) is 6.69. The van der Waals surface area contributed by atoms with Gasteiger partial charge in [-0.3, -0.25) is 0 Å². The van der Waals surface area contributed by atoms with Gasteiger partial charge in [-0.2, -0.15) is 0 Å². The second-order valence-corrected chi connectivity index (χ2v) is 4.30. The smallest absolute Gasteiger partial charge is 0.100 e. The van der Waals surface area contributed by atoms with Gasteiger partial charge < -0.3 is 0 Å². The lowest BCUT2D eigenvalue weighted by Crippen LogP contribution is -2.27. The summed E-state index contributed by atoms with van der Waals surface area (Å²) in [5.41, 5.74) is 0. The van der Waals surface area contributed by atoms with Gasteiger partial charge in [0.25, 0.3) is 0 Å². The normalized spacial score (nSPS) is 39.5. The van der Waals surface area contributed by atoms with E-state index in [1.165, 1.54) is 0 Å². The first-order chi connectivity index (χ1) is 5.11. The van der Waals surface area contributed by atoms with Crippen molar-refractivity contribution in [3.8, 4) is 0 Å². The van der Waals surface area contributed by atoms with E-state index in [1.54, 1.807) is 0 Å². The molecule has 0 heterocycles. The zero-order valence-electron chi connectivity index (χ0n) is 7.81.